The number of hydrogen-bond donors (Lipinski definition) is 1. The lowest BCUT2D eigenvalue weighted by Crippen LogP contribution is -2.30. The quantitative estimate of drug-likeness (QED) is 0.693. The summed E-state index contributed by atoms with van der Waals surface area (Å²) in [5, 5.41) is 7.22. The molecular formula is C19H17ClN2O4. The fraction of sp³-hybridized carbons (Fsp3) is 0.158. The number of benzene rings is 2. The van der Waals surface area contributed by atoms with Crippen molar-refractivity contribution < 1.29 is 18.8 Å². The van der Waals surface area contributed by atoms with Crippen LogP contribution in [0.25, 0.3) is 11.3 Å². The molecule has 0 spiro atoms. The molecule has 1 N–H and O–H groups in total. The van der Waals surface area contributed by atoms with E-state index in [0.29, 0.717) is 22.2 Å². The molecule has 0 aliphatic rings. The van der Waals surface area contributed by atoms with Crippen molar-refractivity contribution in [3.8, 4) is 22.8 Å². The van der Waals surface area contributed by atoms with Gasteiger partial charge in [0.15, 0.2) is 17.6 Å². The van der Waals surface area contributed by atoms with Gasteiger partial charge in [-0.1, -0.05) is 41.0 Å². The molecule has 1 amide bonds. The van der Waals surface area contributed by atoms with Crippen LogP contribution in [-0.4, -0.2) is 24.3 Å². The average Bonchev–Trinajstić information content (AvgIpc) is 3.11. The number of methoxy groups -OCH3 is 1. The van der Waals surface area contributed by atoms with Crippen LogP contribution < -0.4 is 14.8 Å². The number of hydrogen-bond acceptors (Lipinski definition) is 5. The van der Waals surface area contributed by atoms with Gasteiger partial charge in [-0.25, -0.2) is 0 Å². The van der Waals surface area contributed by atoms with E-state index in [1.807, 2.05) is 18.2 Å². The molecule has 7 heteroatoms. The molecule has 0 bridgehead atoms. The second-order valence-electron chi connectivity index (χ2n) is 5.48. The molecule has 3 aromatic rings. The molecule has 0 saturated heterocycles. The van der Waals surface area contributed by atoms with Crippen molar-refractivity contribution in [1.82, 2.24) is 5.16 Å². The van der Waals surface area contributed by atoms with E-state index in [-0.39, 0.29) is 11.8 Å². The molecule has 26 heavy (non-hydrogen) atoms. The second-order valence-corrected chi connectivity index (χ2v) is 5.92. The molecule has 6 nitrogen and oxygen atoms in total. The summed E-state index contributed by atoms with van der Waals surface area (Å²) in [6.07, 6.45) is -0.754. The number of carbonyl (C=O) groups is 1. The Kier molecular flexibility index (Phi) is 5.43. The third-order valence-electron chi connectivity index (χ3n) is 3.64. The lowest BCUT2D eigenvalue weighted by molar-refractivity contribution is -0.122. The van der Waals surface area contributed by atoms with Crippen LogP contribution in [0, 0.1) is 0 Å². The number of nitrogens with one attached hydrogen (secondary N) is 1. The predicted molar refractivity (Wildman–Crippen MR) is 98.7 cm³/mol. The van der Waals surface area contributed by atoms with Gasteiger partial charge in [0.1, 0.15) is 5.69 Å². The highest BCUT2D eigenvalue weighted by Crippen LogP contribution is 2.27. The van der Waals surface area contributed by atoms with Crippen molar-refractivity contribution in [1.29, 1.82) is 0 Å². The summed E-state index contributed by atoms with van der Waals surface area (Å²) in [5.74, 6) is 0.902. The van der Waals surface area contributed by atoms with Gasteiger partial charge in [-0.2, -0.15) is 0 Å². The van der Waals surface area contributed by atoms with Crippen LogP contribution in [0.4, 0.5) is 5.88 Å². The van der Waals surface area contributed by atoms with E-state index >= 15 is 0 Å². The van der Waals surface area contributed by atoms with E-state index in [1.54, 1.807) is 50.4 Å². The lowest BCUT2D eigenvalue weighted by atomic mass is 10.1. The molecule has 3 rings (SSSR count). The minimum atomic E-state index is -0.754. The Balaban J connectivity index is 1.65. The van der Waals surface area contributed by atoms with E-state index in [2.05, 4.69) is 10.5 Å². The van der Waals surface area contributed by atoms with Gasteiger partial charge in [-0.3, -0.25) is 10.1 Å². The lowest BCUT2D eigenvalue weighted by Gasteiger charge is -2.15. The van der Waals surface area contributed by atoms with Gasteiger partial charge in [-0.15, -0.1) is 0 Å². The summed E-state index contributed by atoms with van der Waals surface area (Å²) in [6, 6.07) is 15.9. The van der Waals surface area contributed by atoms with Crippen LogP contribution in [0.3, 0.4) is 0 Å². The van der Waals surface area contributed by atoms with Gasteiger partial charge in [0.2, 0.25) is 5.88 Å². The van der Waals surface area contributed by atoms with Crippen LogP contribution in [0.15, 0.2) is 59.1 Å². The molecule has 0 radical (unpaired) electrons. The first-order chi connectivity index (χ1) is 12.6. The van der Waals surface area contributed by atoms with Gasteiger partial charge >= 0.3 is 0 Å². The molecular weight excluding hydrogens is 356 g/mol. The van der Waals surface area contributed by atoms with Crippen molar-refractivity contribution in [2.75, 3.05) is 12.4 Å². The number of nitrogens with zero attached hydrogens (tertiary/aromatic N) is 1. The fourth-order valence-corrected chi connectivity index (χ4v) is 2.40. The Hall–Kier alpha value is -2.99. The number of anilines is 1. The third kappa shape index (κ3) is 4.15. The van der Waals surface area contributed by atoms with Crippen molar-refractivity contribution in [3.05, 3.63) is 59.6 Å². The monoisotopic (exact) mass is 372 g/mol. The maximum absolute atomic E-state index is 12.3. The highest BCUT2D eigenvalue weighted by atomic mass is 35.5. The predicted octanol–water partition coefficient (Wildman–Crippen LogP) is 4.41. The first-order valence-electron chi connectivity index (χ1n) is 7.90. The number of ether oxygens (including phenoxy) is 2. The maximum Gasteiger partial charge on any atom is 0.267 e. The molecule has 0 aliphatic carbocycles. The van der Waals surface area contributed by atoms with Gasteiger partial charge in [0, 0.05) is 16.7 Å². The first kappa shape index (κ1) is 17.8. The molecule has 1 heterocycles. The molecule has 1 unspecified atom stereocenters. The Labute approximate surface area is 155 Å². The van der Waals surface area contributed by atoms with Gasteiger partial charge in [-0.05, 0) is 31.2 Å². The second kappa shape index (κ2) is 7.93. The summed E-state index contributed by atoms with van der Waals surface area (Å²) in [5.41, 5.74) is 1.42. The van der Waals surface area contributed by atoms with Gasteiger partial charge in [0.05, 0.1) is 7.11 Å². The Morgan fingerprint density at radius 1 is 1.15 bits per heavy atom. The first-order valence-corrected chi connectivity index (χ1v) is 8.28. The molecule has 1 atom stereocenters. The van der Waals surface area contributed by atoms with Crippen molar-refractivity contribution in [2.24, 2.45) is 0 Å². The Morgan fingerprint density at radius 3 is 2.54 bits per heavy atom. The number of para-hydroxylation sites is 2. The van der Waals surface area contributed by atoms with E-state index in [0.717, 1.165) is 5.56 Å². The Morgan fingerprint density at radius 2 is 1.85 bits per heavy atom. The number of halogens is 1. The average molecular weight is 373 g/mol. The van der Waals surface area contributed by atoms with Crippen LogP contribution >= 0.6 is 11.6 Å². The number of aromatic nitrogens is 1. The van der Waals surface area contributed by atoms with Crippen LogP contribution in [0.5, 0.6) is 11.5 Å². The van der Waals surface area contributed by atoms with Crippen molar-refractivity contribution in [3.63, 3.8) is 0 Å². The SMILES string of the molecule is COc1ccccc1OC(C)C(=O)Nc1cc(-c2ccc(Cl)cc2)no1. The minimum absolute atomic E-state index is 0.232. The number of carbonyl (C=O) groups excluding carboxylic acids is 1. The molecule has 134 valence electrons. The summed E-state index contributed by atoms with van der Waals surface area (Å²) in [4.78, 5) is 12.3. The van der Waals surface area contributed by atoms with Crippen LogP contribution in [0.2, 0.25) is 5.02 Å². The molecule has 0 saturated carbocycles. The maximum atomic E-state index is 12.3. The van der Waals surface area contributed by atoms with E-state index < -0.39 is 6.10 Å². The van der Waals surface area contributed by atoms with Crippen LogP contribution in [-0.2, 0) is 4.79 Å². The fourth-order valence-electron chi connectivity index (χ4n) is 2.27. The summed E-state index contributed by atoms with van der Waals surface area (Å²) in [6.45, 7) is 1.64. The zero-order chi connectivity index (χ0) is 18.5. The zero-order valence-electron chi connectivity index (χ0n) is 14.2. The summed E-state index contributed by atoms with van der Waals surface area (Å²) >= 11 is 5.87. The molecule has 1 aromatic heterocycles. The molecule has 2 aromatic carbocycles. The topological polar surface area (TPSA) is 73.6 Å². The summed E-state index contributed by atoms with van der Waals surface area (Å²) < 4.78 is 16.0. The zero-order valence-corrected chi connectivity index (χ0v) is 15.0. The largest absolute Gasteiger partial charge is 0.493 e. The molecule has 0 fully saturated rings. The van der Waals surface area contributed by atoms with Crippen molar-refractivity contribution in [2.45, 2.75) is 13.0 Å². The normalized spacial score (nSPS) is 11.7. The van der Waals surface area contributed by atoms with Gasteiger partial charge in [0.25, 0.3) is 5.91 Å². The smallest absolute Gasteiger partial charge is 0.267 e. The van der Waals surface area contributed by atoms with E-state index in [9.17, 15) is 4.79 Å². The highest BCUT2D eigenvalue weighted by molar-refractivity contribution is 6.30. The number of amides is 1. The Bertz CT molecular complexity index is 893. The van der Waals surface area contributed by atoms with Crippen molar-refractivity contribution >= 4 is 23.4 Å². The van der Waals surface area contributed by atoms with Crippen LogP contribution in [0.1, 0.15) is 6.92 Å². The van der Waals surface area contributed by atoms with Gasteiger partial charge < -0.3 is 14.0 Å². The summed E-state index contributed by atoms with van der Waals surface area (Å²) in [7, 11) is 1.54. The standard InChI is InChI=1S/C19H17ClN2O4/c1-12(25-17-6-4-3-5-16(17)24-2)19(23)21-18-11-15(22-26-18)13-7-9-14(20)10-8-13/h3-12H,1-2H3,(H,21,23). The highest BCUT2D eigenvalue weighted by Gasteiger charge is 2.19. The van der Waals surface area contributed by atoms with E-state index in [1.165, 1.54) is 0 Å². The third-order valence-corrected chi connectivity index (χ3v) is 3.89. The van der Waals surface area contributed by atoms with E-state index in [4.69, 9.17) is 25.6 Å². The number of rotatable bonds is 6. The minimum Gasteiger partial charge on any atom is -0.493 e. The molecule has 0 aliphatic heterocycles.